The van der Waals surface area contributed by atoms with Gasteiger partial charge < -0.3 is 10.2 Å². The summed E-state index contributed by atoms with van der Waals surface area (Å²) in [7, 11) is 0. The molecule has 1 saturated heterocycles. The number of pyridine rings is 1. The number of hydrogen-bond acceptors (Lipinski definition) is 5. The molecule has 1 aliphatic heterocycles. The van der Waals surface area contributed by atoms with Gasteiger partial charge in [-0.15, -0.1) is 0 Å². The van der Waals surface area contributed by atoms with Crippen LogP contribution in [0.1, 0.15) is 28.9 Å². The number of carbonyl (C=O) groups is 1. The summed E-state index contributed by atoms with van der Waals surface area (Å²) in [5.74, 6) is 0.742. The lowest BCUT2D eigenvalue weighted by atomic mass is 10.0. The fourth-order valence-electron chi connectivity index (χ4n) is 2.58. The van der Waals surface area contributed by atoms with Crippen molar-refractivity contribution in [2.24, 2.45) is 0 Å². The summed E-state index contributed by atoms with van der Waals surface area (Å²) in [4.78, 5) is 27.0. The van der Waals surface area contributed by atoms with Crippen molar-refractivity contribution in [1.29, 1.82) is 0 Å². The van der Waals surface area contributed by atoms with Gasteiger partial charge in [0, 0.05) is 49.0 Å². The Labute approximate surface area is 129 Å². The zero-order chi connectivity index (χ0) is 15.4. The van der Waals surface area contributed by atoms with Gasteiger partial charge in [-0.05, 0) is 38.0 Å². The van der Waals surface area contributed by atoms with Crippen LogP contribution in [0.4, 0.5) is 5.95 Å². The van der Waals surface area contributed by atoms with Gasteiger partial charge in [0.25, 0.3) is 5.91 Å². The maximum Gasteiger partial charge on any atom is 0.251 e. The molecule has 0 atom stereocenters. The molecule has 1 aliphatic rings. The van der Waals surface area contributed by atoms with Crippen molar-refractivity contribution < 1.29 is 4.79 Å². The second-order valence-electron chi connectivity index (χ2n) is 5.47. The molecule has 3 rings (SSSR count). The van der Waals surface area contributed by atoms with Crippen LogP contribution in [0.15, 0.2) is 36.8 Å². The highest BCUT2D eigenvalue weighted by Crippen LogP contribution is 2.16. The molecule has 2 aromatic rings. The molecule has 6 heteroatoms. The first-order valence-electron chi connectivity index (χ1n) is 7.48. The highest BCUT2D eigenvalue weighted by atomic mass is 16.1. The minimum atomic E-state index is -0.0346. The van der Waals surface area contributed by atoms with Crippen LogP contribution in [0.25, 0.3) is 0 Å². The molecule has 22 heavy (non-hydrogen) atoms. The maximum absolute atomic E-state index is 12.1. The van der Waals surface area contributed by atoms with Gasteiger partial charge in [0.15, 0.2) is 0 Å². The van der Waals surface area contributed by atoms with E-state index in [0.29, 0.717) is 5.56 Å². The monoisotopic (exact) mass is 297 g/mol. The van der Waals surface area contributed by atoms with Gasteiger partial charge in [0.05, 0.1) is 0 Å². The van der Waals surface area contributed by atoms with E-state index in [4.69, 9.17) is 0 Å². The van der Waals surface area contributed by atoms with Crippen LogP contribution in [0.3, 0.4) is 0 Å². The Morgan fingerprint density at radius 2 is 1.91 bits per heavy atom. The molecule has 0 spiro atoms. The van der Waals surface area contributed by atoms with Gasteiger partial charge >= 0.3 is 0 Å². The zero-order valence-electron chi connectivity index (χ0n) is 12.6. The molecule has 0 saturated carbocycles. The zero-order valence-corrected chi connectivity index (χ0v) is 12.6. The topological polar surface area (TPSA) is 71.0 Å². The highest BCUT2D eigenvalue weighted by Gasteiger charge is 2.22. The molecule has 0 radical (unpaired) electrons. The summed E-state index contributed by atoms with van der Waals surface area (Å²) >= 11 is 0. The van der Waals surface area contributed by atoms with E-state index in [2.05, 4.69) is 25.2 Å². The molecule has 2 aromatic heterocycles. The molecule has 0 aromatic carbocycles. The Morgan fingerprint density at radius 3 is 2.59 bits per heavy atom. The third-order valence-electron chi connectivity index (χ3n) is 3.84. The molecule has 3 heterocycles. The number of anilines is 1. The van der Waals surface area contributed by atoms with E-state index < -0.39 is 0 Å². The number of amides is 1. The summed E-state index contributed by atoms with van der Waals surface area (Å²) < 4.78 is 0. The van der Waals surface area contributed by atoms with Crippen molar-refractivity contribution in [1.82, 2.24) is 20.3 Å². The van der Waals surface area contributed by atoms with Crippen molar-refractivity contribution in [2.45, 2.75) is 25.8 Å². The lowest BCUT2D eigenvalue weighted by Gasteiger charge is -2.32. The Morgan fingerprint density at radius 1 is 1.18 bits per heavy atom. The van der Waals surface area contributed by atoms with Crippen molar-refractivity contribution in [3.05, 3.63) is 48.0 Å². The molecule has 114 valence electrons. The van der Waals surface area contributed by atoms with E-state index in [-0.39, 0.29) is 11.9 Å². The molecule has 0 unspecified atom stereocenters. The second-order valence-corrected chi connectivity index (χ2v) is 5.47. The smallest absolute Gasteiger partial charge is 0.251 e. The first-order valence-corrected chi connectivity index (χ1v) is 7.48. The summed E-state index contributed by atoms with van der Waals surface area (Å²) in [6.07, 6.45) is 6.84. The number of rotatable bonds is 3. The minimum Gasteiger partial charge on any atom is -0.349 e. The third kappa shape index (κ3) is 3.39. The number of nitrogens with zero attached hydrogens (tertiary/aromatic N) is 4. The SMILES string of the molecule is Cc1ccnc(N2CCC(NC(=O)c3ccncc3)CC2)n1. The van der Waals surface area contributed by atoms with E-state index in [0.717, 1.165) is 37.6 Å². The summed E-state index contributed by atoms with van der Waals surface area (Å²) in [5, 5.41) is 3.08. The first kappa shape index (κ1) is 14.4. The minimum absolute atomic E-state index is 0.0346. The third-order valence-corrected chi connectivity index (χ3v) is 3.84. The Balaban J connectivity index is 1.55. The molecule has 0 bridgehead atoms. The van der Waals surface area contributed by atoms with Crippen LogP contribution < -0.4 is 10.2 Å². The number of nitrogens with one attached hydrogen (secondary N) is 1. The van der Waals surface area contributed by atoms with E-state index in [9.17, 15) is 4.79 Å². The molecule has 0 aliphatic carbocycles. The fourth-order valence-corrected chi connectivity index (χ4v) is 2.58. The van der Waals surface area contributed by atoms with Gasteiger partial charge in [-0.2, -0.15) is 0 Å². The van der Waals surface area contributed by atoms with Crippen molar-refractivity contribution in [3.63, 3.8) is 0 Å². The van der Waals surface area contributed by atoms with E-state index in [1.54, 1.807) is 30.7 Å². The van der Waals surface area contributed by atoms with Crippen LogP contribution in [-0.2, 0) is 0 Å². The fraction of sp³-hybridized carbons (Fsp3) is 0.375. The number of carbonyl (C=O) groups excluding carboxylic acids is 1. The lowest BCUT2D eigenvalue weighted by Crippen LogP contribution is -2.45. The molecule has 1 amide bonds. The van der Waals surface area contributed by atoms with E-state index in [1.807, 2.05) is 13.0 Å². The number of aryl methyl sites for hydroxylation is 1. The molecule has 1 N–H and O–H groups in total. The van der Waals surface area contributed by atoms with Crippen LogP contribution in [0.2, 0.25) is 0 Å². The first-order chi connectivity index (χ1) is 10.7. The van der Waals surface area contributed by atoms with Crippen LogP contribution >= 0.6 is 0 Å². The standard InChI is InChI=1S/C16H19N5O/c1-12-2-9-18-16(19-12)21-10-5-14(6-11-21)20-15(22)13-3-7-17-8-4-13/h2-4,7-9,14H,5-6,10-11H2,1H3,(H,20,22). The summed E-state index contributed by atoms with van der Waals surface area (Å²) in [5.41, 5.74) is 1.62. The van der Waals surface area contributed by atoms with Crippen molar-refractivity contribution in [2.75, 3.05) is 18.0 Å². The van der Waals surface area contributed by atoms with Crippen LogP contribution in [0, 0.1) is 6.92 Å². The van der Waals surface area contributed by atoms with E-state index in [1.165, 1.54) is 0 Å². The molecular formula is C16H19N5O. The highest BCUT2D eigenvalue weighted by molar-refractivity contribution is 5.94. The van der Waals surface area contributed by atoms with Crippen molar-refractivity contribution >= 4 is 11.9 Å². The predicted octanol–water partition coefficient (Wildman–Crippen LogP) is 1.58. The molecular weight excluding hydrogens is 278 g/mol. The average Bonchev–Trinajstić information content (AvgIpc) is 2.56. The van der Waals surface area contributed by atoms with Crippen molar-refractivity contribution in [3.8, 4) is 0 Å². The normalized spacial score (nSPS) is 15.6. The maximum atomic E-state index is 12.1. The van der Waals surface area contributed by atoms with Crippen LogP contribution in [0.5, 0.6) is 0 Å². The number of piperidine rings is 1. The predicted molar refractivity (Wildman–Crippen MR) is 83.7 cm³/mol. The number of hydrogen-bond donors (Lipinski definition) is 1. The van der Waals surface area contributed by atoms with Gasteiger partial charge in [-0.25, -0.2) is 9.97 Å². The summed E-state index contributed by atoms with van der Waals surface area (Å²) in [6, 6.07) is 5.54. The second kappa shape index (κ2) is 6.51. The largest absolute Gasteiger partial charge is 0.349 e. The molecule has 1 fully saturated rings. The number of aromatic nitrogens is 3. The summed E-state index contributed by atoms with van der Waals surface area (Å²) in [6.45, 7) is 3.67. The Bertz CT molecular complexity index is 638. The van der Waals surface area contributed by atoms with Crippen LogP contribution in [-0.4, -0.2) is 40.0 Å². The quantitative estimate of drug-likeness (QED) is 0.931. The van der Waals surface area contributed by atoms with E-state index >= 15 is 0 Å². The van der Waals surface area contributed by atoms with Gasteiger partial charge in [-0.3, -0.25) is 9.78 Å². The van der Waals surface area contributed by atoms with Gasteiger partial charge in [0.1, 0.15) is 0 Å². The van der Waals surface area contributed by atoms with Gasteiger partial charge in [-0.1, -0.05) is 0 Å². The molecule has 6 nitrogen and oxygen atoms in total. The average molecular weight is 297 g/mol. The Kier molecular flexibility index (Phi) is 4.27. The Hall–Kier alpha value is -2.50. The van der Waals surface area contributed by atoms with Gasteiger partial charge in [0.2, 0.25) is 5.95 Å². The lowest BCUT2D eigenvalue weighted by molar-refractivity contribution is 0.0931.